The molecule has 3 heterocycles. The number of rotatable bonds is 1. The van der Waals surface area contributed by atoms with Crippen LogP contribution >= 0.6 is 0 Å². The molecule has 19 heavy (non-hydrogen) atoms. The minimum absolute atomic E-state index is 0.0349. The first kappa shape index (κ1) is 10.5. The third-order valence-corrected chi connectivity index (χ3v) is 3.65. The van der Waals surface area contributed by atoms with Gasteiger partial charge in [-0.25, -0.2) is 9.50 Å². The van der Waals surface area contributed by atoms with Crippen molar-refractivity contribution in [3.8, 4) is 11.1 Å². The summed E-state index contributed by atoms with van der Waals surface area (Å²) in [5, 5.41) is 3.00. The third kappa shape index (κ3) is 1.44. The molecule has 0 unspecified atom stereocenters. The second kappa shape index (κ2) is 3.78. The number of aromatic amines is 1. The highest BCUT2D eigenvalue weighted by Gasteiger charge is 2.20. The Bertz CT molecular complexity index is 817. The van der Waals surface area contributed by atoms with Crippen molar-refractivity contribution in [2.75, 3.05) is 0 Å². The van der Waals surface area contributed by atoms with Crippen LogP contribution in [-0.2, 0) is 12.8 Å². The van der Waals surface area contributed by atoms with Crippen molar-refractivity contribution in [2.24, 2.45) is 0 Å². The minimum Gasteiger partial charge on any atom is -0.296 e. The van der Waals surface area contributed by atoms with Gasteiger partial charge in [-0.05, 0) is 25.3 Å². The summed E-state index contributed by atoms with van der Waals surface area (Å²) in [5.41, 5.74) is 4.42. The van der Waals surface area contributed by atoms with Gasteiger partial charge in [0.2, 0.25) is 0 Å². The van der Waals surface area contributed by atoms with Crippen LogP contribution in [0.15, 0.2) is 35.5 Å². The predicted octanol–water partition coefficient (Wildman–Crippen LogP) is 1.57. The van der Waals surface area contributed by atoms with Crippen LogP contribution in [0.4, 0.5) is 0 Å². The van der Waals surface area contributed by atoms with Crippen LogP contribution in [0.2, 0.25) is 0 Å². The van der Waals surface area contributed by atoms with Crippen molar-refractivity contribution < 1.29 is 0 Å². The fourth-order valence-corrected chi connectivity index (χ4v) is 2.72. The van der Waals surface area contributed by atoms with Crippen molar-refractivity contribution in [2.45, 2.75) is 19.3 Å². The highest BCUT2D eigenvalue weighted by Crippen LogP contribution is 2.24. The lowest BCUT2D eigenvalue weighted by Gasteiger charge is -2.01. The summed E-state index contributed by atoms with van der Waals surface area (Å²) in [6.07, 6.45) is 8.09. The normalized spacial score (nSPS) is 13.9. The van der Waals surface area contributed by atoms with Gasteiger partial charge < -0.3 is 0 Å². The fourth-order valence-electron chi connectivity index (χ4n) is 2.72. The SMILES string of the molecule is O=c1c2c(nc3c(-c4cccnc4)c[nH]n13)CCC2. The van der Waals surface area contributed by atoms with Crippen molar-refractivity contribution in [1.29, 1.82) is 0 Å². The molecule has 3 aromatic heterocycles. The molecule has 0 spiro atoms. The maximum absolute atomic E-state index is 12.3. The summed E-state index contributed by atoms with van der Waals surface area (Å²) < 4.78 is 1.53. The number of pyridine rings is 1. The number of aromatic nitrogens is 4. The Balaban J connectivity index is 2.05. The van der Waals surface area contributed by atoms with Crippen molar-refractivity contribution in [3.05, 3.63) is 52.3 Å². The van der Waals surface area contributed by atoms with E-state index in [0.29, 0.717) is 5.65 Å². The molecular formula is C14H12N4O. The molecule has 0 radical (unpaired) electrons. The van der Waals surface area contributed by atoms with Crippen molar-refractivity contribution in [3.63, 3.8) is 0 Å². The van der Waals surface area contributed by atoms with E-state index >= 15 is 0 Å². The van der Waals surface area contributed by atoms with Gasteiger partial charge in [0, 0.05) is 35.3 Å². The van der Waals surface area contributed by atoms with Gasteiger partial charge in [0.1, 0.15) is 0 Å². The lowest BCUT2D eigenvalue weighted by atomic mass is 10.1. The summed E-state index contributed by atoms with van der Waals surface area (Å²) in [6, 6.07) is 3.85. The van der Waals surface area contributed by atoms with Gasteiger partial charge in [-0.2, -0.15) is 0 Å². The Morgan fingerprint density at radius 1 is 1.32 bits per heavy atom. The topological polar surface area (TPSA) is 63.0 Å². The molecule has 0 aromatic carbocycles. The highest BCUT2D eigenvalue weighted by atomic mass is 16.1. The first-order valence-corrected chi connectivity index (χ1v) is 6.37. The van der Waals surface area contributed by atoms with Crippen LogP contribution in [0, 0.1) is 0 Å². The zero-order chi connectivity index (χ0) is 12.8. The van der Waals surface area contributed by atoms with Crippen LogP contribution < -0.4 is 5.56 Å². The Labute approximate surface area is 108 Å². The molecule has 0 amide bonds. The van der Waals surface area contributed by atoms with Gasteiger partial charge >= 0.3 is 0 Å². The van der Waals surface area contributed by atoms with Crippen molar-refractivity contribution in [1.82, 2.24) is 19.6 Å². The third-order valence-electron chi connectivity index (χ3n) is 3.65. The fraction of sp³-hybridized carbons (Fsp3) is 0.214. The van der Waals surface area contributed by atoms with E-state index in [1.165, 1.54) is 4.52 Å². The Morgan fingerprint density at radius 3 is 3.11 bits per heavy atom. The standard InChI is InChI=1S/C14H12N4O/c19-14-10-4-1-5-12(10)17-13-11(8-16-18(13)14)9-3-2-6-15-7-9/h2-3,6-8,16H,1,4-5H2. The van der Waals surface area contributed by atoms with Gasteiger partial charge in [0.25, 0.3) is 5.56 Å². The lowest BCUT2D eigenvalue weighted by molar-refractivity contribution is 0.870. The van der Waals surface area contributed by atoms with E-state index < -0.39 is 0 Å². The average Bonchev–Trinajstić information content (AvgIpc) is 3.07. The summed E-state index contributed by atoms with van der Waals surface area (Å²) in [7, 11) is 0. The van der Waals surface area contributed by atoms with Crippen LogP contribution in [0.25, 0.3) is 16.8 Å². The number of aryl methyl sites for hydroxylation is 1. The molecule has 0 aliphatic heterocycles. The molecule has 0 atom stereocenters. The Morgan fingerprint density at radius 2 is 2.26 bits per heavy atom. The molecule has 0 fully saturated rings. The largest absolute Gasteiger partial charge is 0.296 e. The molecule has 94 valence electrons. The number of H-pyrrole nitrogens is 1. The molecule has 4 rings (SSSR count). The van der Waals surface area contributed by atoms with Crippen LogP contribution in [0.5, 0.6) is 0 Å². The lowest BCUT2D eigenvalue weighted by Crippen LogP contribution is -2.20. The molecule has 5 heteroatoms. The Kier molecular flexibility index (Phi) is 2.09. The van der Waals surface area contributed by atoms with Gasteiger partial charge in [0.05, 0.1) is 5.69 Å². The first-order valence-electron chi connectivity index (χ1n) is 6.37. The van der Waals surface area contributed by atoms with E-state index in [0.717, 1.165) is 41.6 Å². The maximum Gasteiger partial charge on any atom is 0.276 e. The van der Waals surface area contributed by atoms with Crippen LogP contribution in [-0.4, -0.2) is 19.6 Å². The van der Waals surface area contributed by atoms with Crippen LogP contribution in [0.1, 0.15) is 17.7 Å². The Hall–Kier alpha value is -2.43. The van der Waals surface area contributed by atoms with E-state index in [1.807, 2.05) is 18.3 Å². The predicted molar refractivity (Wildman–Crippen MR) is 71.1 cm³/mol. The van der Waals surface area contributed by atoms with Crippen LogP contribution in [0.3, 0.4) is 0 Å². The molecule has 0 saturated heterocycles. The zero-order valence-electron chi connectivity index (χ0n) is 10.3. The molecule has 1 aliphatic carbocycles. The smallest absolute Gasteiger partial charge is 0.276 e. The van der Waals surface area contributed by atoms with E-state index in [4.69, 9.17) is 0 Å². The minimum atomic E-state index is 0.0349. The molecule has 1 N–H and O–H groups in total. The van der Waals surface area contributed by atoms with Crippen molar-refractivity contribution >= 4 is 5.65 Å². The van der Waals surface area contributed by atoms with E-state index in [9.17, 15) is 4.79 Å². The molecule has 0 saturated carbocycles. The van der Waals surface area contributed by atoms with Gasteiger partial charge in [-0.3, -0.25) is 14.9 Å². The zero-order valence-corrected chi connectivity index (χ0v) is 10.3. The van der Waals surface area contributed by atoms with Gasteiger partial charge in [0.15, 0.2) is 5.65 Å². The average molecular weight is 252 g/mol. The van der Waals surface area contributed by atoms with E-state index in [1.54, 1.807) is 12.4 Å². The molecule has 1 aliphatic rings. The van der Waals surface area contributed by atoms with Gasteiger partial charge in [-0.15, -0.1) is 0 Å². The number of hydrogen-bond donors (Lipinski definition) is 1. The second-order valence-electron chi connectivity index (χ2n) is 4.78. The number of nitrogens with one attached hydrogen (secondary N) is 1. The molecule has 3 aromatic rings. The van der Waals surface area contributed by atoms with E-state index in [-0.39, 0.29) is 5.56 Å². The number of nitrogens with zero attached hydrogens (tertiary/aromatic N) is 3. The second-order valence-corrected chi connectivity index (χ2v) is 4.78. The van der Waals surface area contributed by atoms with E-state index in [2.05, 4.69) is 15.1 Å². The highest BCUT2D eigenvalue weighted by molar-refractivity contribution is 5.76. The number of fused-ring (bicyclic) bond motifs is 2. The quantitative estimate of drug-likeness (QED) is 0.715. The van der Waals surface area contributed by atoms with Gasteiger partial charge in [-0.1, -0.05) is 6.07 Å². The summed E-state index contributed by atoms with van der Waals surface area (Å²) in [5.74, 6) is 0. The molecule has 5 nitrogen and oxygen atoms in total. The first-order chi connectivity index (χ1) is 9.34. The summed E-state index contributed by atoms with van der Waals surface area (Å²) in [6.45, 7) is 0. The molecular weight excluding hydrogens is 240 g/mol. The molecule has 0 bridgehead atoms. The summed E-state index contributed by atoms with van der Waals surface area (Å²) >= 11 is 0. The monoisotopic (exact) mass is 252 g/mol. The number of hydrogen-bond acceptors (Lipinski definition) is 3. The maximum atomic E-state index is 12.3. The summed E-state index contributed by atoms with van der Waals surface area (Å²) in [4.78, 5) is 21.1.